The van der Waals surface area contributed by atoms with Crippen LogP contribution in [0.5, 0.6) is 0 Å². The van der Waals surface area contributed by atoms with Crippen molar-refractivity contribution in [3.05, 3.63) is 48.9 Å². The number of para-hydroxylation sites is 1. The van der Waals surface area contributed by atoms with Gasteiger partial charge < -0.3 is 13.9 Å². The summed E-state index contributed by atoms with van der Waals surface area (Å²) in [7, 11) is 3.78. The van der Waals surface area contributed by atoms with Crippen molar-refractivity contribution in [3.8, 4) is 11.4 Å². The Morgan fingerprint density at radius 2 is 1.93 bits per heavy atom. The van der Waals surface area contributed by atoms with Crippen molar-refractivity contribution in [2.24, 2.45) is 7.05 Å². The SMILES string of the molecule is CN(C(=O)C1(Sc2nnc(-c3ccoc3)n2C)CCCC1)c1ccccc1. The van der Waals surface area contributed by atoms with Gasteiger partial charge in [-0.2, -0.15) is 0 Å². The van der Waals surface area contributed by atoms with E-state index in [-0.39, 0.29) is 5.91 Å². The third-order valence-corrected chi connectivity index (χ3v) is 6.66. The number of rotatable bonds is 5. The van der Waals surface area contributed by atoms with E-state index in [9.17, 15) is 4.79 Å². The number of benzene rings is 1. The number of thioether (sulfide) groups is 1. The predicted molar refractivity (Wildman–Crippen MR) is 106 cm³/mol. The van der Waals surface area contributed by atoms with Gasteiger partial charge in [0.2, 0.25) is 5.91 Å². The summed E-state index contributed by atoms with van der Waals surface area (Å²) >= 11 is 1.54. The molecule has 0 spiro atoms. The zero-order chi connectivity index (χ0) is 18.9. The van der Waals surface area contributed by atoms with Crippen molar-refractivity contribution in [1.82, 2.24) is 14.8 Å². The molecule has 2 heterocycles. The number of hydrogen-bond donors (Lipinski definition) is 0. The van der Waals surface area contributed by atoms with Gasteiger partial charge in [0.1, 0.15) is 11.0 Å². The summed E-state index contributed by atoms with van der Waals surface area (Å²) < 4.78 is 6.59. The van der Waals surface area contributed by atoms with Crippen LogP contribution in [-0.2, 0) is 11.8 Å². The standard InChI is InChI=1S/C20H22N4O2S/c1-23(16-8-4-3-5-9-16)18(25)20(11-6-7-12-20)27-19-22-21-17(24(19)2)15-10-13-26-14-15/h3-5,8-10,13-14H,6-7,11-12H2,1-2H3. The molecule has 0 atom stereocenters. The van der Waals surface area contributed by atoms with E-state index in [1.54, 1.807) is 29.2 Å². The summed E-state index contributed by atoms with van der Waals surface area (Å²) in [5, 5.41) is 9.41. The van der Waals surface area contributed by atoms with Crippen molar-refractivity contribution in [1.29, 1.82) is 0 Å². The van der Waals surface area contributed by atoms with Gasteiger partial charge in [-0.15, -0.1) is 10.2 Å². The molecule has 2 aromatic heterocycles. The van der Waals surface area contributed by atoms with E-state index in [4.69, 9.17) is 4.42 Å². The first-order valence-corrected chi connectivity index (χ1v) is 9.86. The lowest BCUT2D eigenvalue weighted by Gasteiger charge is -2.31. The number of carbonyl (C=O) groups excluding carboxylic acids is 1. The molecule has 1 fully saturated rings. The number of amides is 1. The van der Waals surface area contributed by atoms with Gasteiger partial charge in [0.05, 0.1) is 11.8 Å². The van der Waals surface area contributed by atoms with Crippen LogP contribution in [0.25, 0.3) is 11.4 Å². The molecule has 140 valence electrons. The molecule has 1 amide bonds. The molecule has 0 unspecified atom stereocenters. The van der Waals surface area contributed by atoms with Crippen LogP contribution in [0, 0.1) is 0 Å². The van der Waals surface area contributed by atoms with E-state index < -0.39 is 4.75 Å². The second-order valence-corrected chi connectivity index (χ2v) is 8.23. The lowest BCUT2D eigenvalue weighted by molar-refractivity contribution is -0.120. The number of furan rings is 1. The Kier molecular flexibility index (Phi) is 4.78. The van der Waals surface area contributed by atoms with Gasteiger partial charge >= 0.3 is 0 Å². The minimum absolute atomic E-state index is 0.129. The van der Waals surface area contributed by atoms with Crippen molar-refractivity contribution >= 4 is 23.4 Å². The molecule has 1 aliphatic carbocycles. The van der Waals surface area contributed by atoms with Gasteiger partial charge in [0.15, 0.2) is 11.0 Å². The molecule has 0 N–H and O–H groups in total. The van der Waals surface area contributed by atoms with Crippen molar-refractivity contribution in [2.45, 2.75) is 35.6 Å². The number of carbonyl (C=O) groups is 1. The fourth-order valence-electron chi connectivity index (χ4n) is 3.60. The topological polar surface area (TPSA) is 64.2 Å². The maximum absolute atomic E-state index is 13.5. The van der Waals surface area contributed by atoms with Crippen molar-refractivity contribution in [2.75, 3.05) is 11.9 Å². The Balaban J connectivity index is 1.62. The summed E-state index contributed by atoms with van der Waals surface area (Å²) in [6.45, 7) is 0. The first-order valence-electron chi connectivity index (χ1n) is 9.05. The summed E-state index contributed by atoms with van der Waals surface area (Å²) in [5.41, 5.74) is 1.79. The highest BCUT2D eigenvalue weighted by Crippen LogP contribution is 2.46. The molecule has 0 radical (unpaired) electrons. The normalized spacial score (nSPS) is 15.8. The van der Waals surface area contributed by atoms with Gasteiger partial charge in [-0.3, -0.25) is 4.79 Å². The summed E-state index contributed by atoms with van der Waals surface area (Å²) in [6.07, 6.45) is 7.07. The van der Waals surface area contributed by atoms with Crippen molar-refractivity contribution in [3.63, 3.8) is 0 Å². The van der Waals surface area contributed by atoms with E-state index in [0.717, 1.165) is 47.9 Å². The molecule has 1 aromatic carbocycles. The van der Waals surface area contributed by atoms with E-state index in [1.807, 2.05) is 55.1 Å². The largest absolute Gasteiger partial charge is 0.472 e. The Labute approximate surface area is 162 Å². The van der Waals surface area contributed by atoms with Crippen LogP contribution in [0.1, 0.15) is 25.7 Å². The minimum atomic E-state index is -0.501. The fraction of sp³-hybridized carbons (Fsp3) is 0.350. The zero-order valence-corrected chi connectivity index (χ0v) is 16.3. The monoisotopic (exact) mass is 382 g/mol. The number of hydrogen-bond acceptors (Lipinski definition) is 5. The quantitative estimate of drug-likeness (QED) is 0.663. The lowest BCUT2D eigenvalue weighted by Crippen LogP contribution is -2.43. The molecule has 0 bridgehead atoms. The number of nitrogens with zero attached hydrogens (tertiary/aromatic N) is 4. The van der Waals surface area contributed by atoms with Gasteiger partial charge in [0, 0.05) is 19.8 Å². The highest BCUT2D eigenvalue weighted by Gasteiger charge is 2.45. The summed E-state index contributed by atoms with van der Waals surface area (Å²) in [4.78, 5) is 15.2. The van der Waals surface area contributed by atoms with E-state index in [0.29, 0.717) is 0 Å². The molecule has 4 rings (SSSR count). The number of anilines is 1. The summed E-state index contributed by atoms with van der Waals surface area (Å²) in [5.74, 6) is 0.868. The Bertz CT molecular complexity index is 915. The Hall–Kier alpha value is -2.54. The minimum Gasteiger partial charge on any atom is -0.472 e. The second-order valence-electron chi connectivity index (χ2n) is 6.88. The first-order chi connectivity index (χ1) is 13.1. The molecular weight excluding hydrogens is 360 g/mol. The van der Waals surface area contributed by atoms with E-state index in [2.05, 4.69) is 10.2 Å². The van der Waals surface area contributed by atoms with Crippen LogP contribution in [0.3, 0.4) is 0 Å². The second kappa shape index (κ2) is 7.23. The Morgan fingerprint density at radius 1 is 1.19 bits per heavy atom. The zero-order valence-electron chi connectivity index (χ0n) is 15.5. The predicted octanol–water partition coefficient (Wildman–Crippen LogP) is 4.14. The van der Waals surface area contributed by atoms with Crippen LogP contribution < -0.4 is 4.90 Å². The molecule has 0 aliphatic heterocycles. The third kappa shape index (κ3) is 3.27. The van der Waals surface area contributed by atoms with Crippen LogP contribution in [0.4, 0.5) is 5.69 Å². The van der Waals surface area contributed by atoms with Gasteiger partial charge in [-0.25, -0.2) is 0 Å². The third-order valence-electron chi connectivity index (χ3n) is 5.15. The van der Waals surface area contributed by atoms with Crippen LogP contribution in [-0.4, -0.2) is 32.5 Å². The van der Waals surface area contributed by atoms with Gasteiger partial charge in [-0.05, 0) is 31.0 Å². The molecule has 1 saturated carbocycles. The molecule has 3 aromatic rings. The molecule has 0 saturated heterocycles. The smallest absolute Gasteiger partial charge is 0.243 e. The van der Waals surface area contributed by atoms with Crippen LogP contribution in [0.15, 0.2) is 58.5 Å². The maximum Gasteiger partial charge on any atom is 0.243 e. The average Bonchev–Trinajstić information content (AvgIpc) is 3.45. The first kappa shape index (κ1) is 17.9. The van der Waals surface area contributed by atoms with Crippen molar-refractivity contribution < 1.29 is 9.21 Å². The molecule has 7 heteroatoms. The maximum atomic E-state index is 13.5. The van der Waals surface area contributed by atoms with Gasteiger partial charge in [0.25, 0.3) is 0 Å². The molecule has 6 nitrogen and oxygen atoms in total. The molecular formula is C20H22N4O2S. The average molecular weight is 382 g/mol. The highest BCUT2D eigenvalue weighted by atomic mass is 32.2. The van der Waals surface area contributed by atoms with Crippen LogP contribution in [0.2, 0.25) is 0 Å². The van der Waals surface area contributed by atoms with E-state index in [1.165, 1.54) is 0 Å². The Morgan fingerprint density at radius 3 is 2.59 bits per heavy atom. The number of aromatic nitrogens is 3. The van der Waals surface area contributed by atoms with Crippen LogP contribution >= 0.6 is 11.8 Å². The summed E-state index contributed by atoms with van der Waals surface area (Å²) in [6, 6.07) is 11.6. The highest BCUT2D eigenvalue weighted by molar-refractivity contribution is 8.01. The van der Waals surface area contributed by atoms with E-state index >= 15 is 0 Å². The lowest BCUT2D eigenvalue weighted by atomic mass is 10.1. The fourth-order valence-corrected chi connectivity index (χ4v) is 4.97. The molecule has 1 aliphatic rings. The van der Waals surface area contributed by atoms with Gasteiger partial charge in [-0.1, -0.05) is 42.8 Å². The molecule has 27 heavy (non-hydrogen) atoms.